The van der Waals surface area contributed by atoms with Crippen molar-refractivity contribution in [2.24, 2.45) is 10.3 Å². The molecule has 9 heteroatoms. The third-order valence-electron chi connectivity index (χ3n) is 1.83. The summed E-state index contributed by atoms with van der Waals surface area (Å²) < 4.78 is 31.0. The summed E-state index contributed by atoms with van der Waals surface area (Å²) in [4.78, 5) is 0. The van der Waals surface area contributed by atoms with Crippen molar-refractivity contribution >= 4 is 11.4 Å². The van der Waals surface area contributed by atoms with Gasteiger partial charge in [-0.05, 0) is 11.4 Å². The van der Waals surface area contributed by atoms with Crippen LogP contribution in [-0.2, 0) is 36.0 Å². The van der Waals surface area contributed by atoms with Crippen LogP contribution in [0.5, 0.6) is 0 Å². The van der Waals surface area contributed by atoms with Gasteiger partial charge in [0.15, 0.2) is 0 Å². The van der Waals surface area contributed by atoms with Crippen molar-refractivity contribution in [1.29, 1.82) is 0 Å². The first-order valence-electron chi connectivity index (χ1n) is 7.27. The van der Waals surface area contributed by atoms with Gasteiger partial charge in [-0.3, -0.25) is 5.22 Å². The summed E-state index contributed by atoms with van der Waals surface area (Å²) >= 11 is 0. The number of hydrogen-bond acceptors (Lipinski definition) is 2. The molecule has 0 bridgehead atoms. The third kappa shape index (κ3) is 36.9. The molecule has 0 amide bonds. The number of rotatable bonds is 3. The fourth-order valence-electron chi connectivity index (χ4n) is 1.11. The molecule has 8 nitrogen and oxygen atoms in total. The summed E-state index contributed by atoms with van der Waals surface area (Å²) in [6.45, 7) is 18.0. The Hall–Kier alpha value is -2.71. The maximum absolute atomic E-state index is 7.50. The molecule has 0 N–H and O–H groups in total. The van der Waals surface area contributed by atoms with Crippen LogP contribution in [0, 0.1) is 26.6 Å². The molecule has 2 aromatic carbocycles. The maximum atomic E-state index is 7.50. The van der Waals surface area contributed by atoms with Crippen LogP contribution in [-0.4, -0.2) is 32.7 Å². The molecule has 0 spiro atoms. The molecule has 0 atom stereocenters. The Balaban J connectivity index is -0.000000117. The van der Waals surface area contributed by atoms with Crippen molar-refractivity contribution in [3.05, 3.63) is 92.7 Å². The molecule has 2 rings (SSSR count). The molecule has 0 aliphatic carbocycles. The Kier molecular flexibility index (Phi) is 38.4. The van der Waals surface area contributed by atoms with E-state index in [0.717, 1.165) is 15.9 Å². The second-order valence-corrected chi connectivity index (χ2v) is 5.64. The van der Waals surface area contributed by atoms with E-state index in [-0.39, 0.29) is 17.4 Å². The largest absolute Gasteiger partial charge is 0.350 e. The molecule has 152 valence electrons. The van der Waals surface area contributed by atoms with E-state index >= 15 is 0 Å². The summed E-state index contributed by atoms with van der Waals surface area (Å²) in [5.41, 5.74) is 5.57. The fourth-order valence-corrected chi connectivity index (χ4v) is 1.11. The van der Waals surface area contributed by atoms with Crippen LogP contribution in [0.1, 0.15) is 0 Å². The van der Waals surface area contributed by atoms with E-state index in [4.69, 9.17) is 18.6 Å². The summed E-state index contributed by atoms with van der Waals surface area (Å²) in [6.07, 6.45) is 0. The van der Waals surface area contributed by atoms with Crippen LogP contribution >= 0.6 is 0 Å². The van der Waals surface area contributed by atoms with Gasteiger partial charge in [0.05, 0.1) is 28.2 Å². The van der Waals surface area contributed by atoms with Crippen molar-refractivity contribution in [2.75, 3.05) is 28.2 Å². The standard InChI is InChI=1S/C12H10N3.C4H12N.4CO.Cr/c1-3-7-11(8-4-1)13-15-14-12-9-5-2-6-10-12;1-5(2,3)4;4*1-2;/h1-10H;1-4H3;;;;;/q-1;+1;;;;;. The predicted octanol–water partition coefficient (Wildman–Crippen LogP) is 4.56. The van der Waals surface area contributed by atoms with Gasteiger partial charge in [0.1, 0.15) is 0 Å². The maximum Gasteiger partial charge on any atom is 0 e. The van der Waals surface area contributed by atoms with Gasteiger partial charge in [0.2, 0.25) is 0 Å². The van der Waals surface area contributed by atoms with E-state index in [9.17, 15) is 0 Å². The molecule has 0 fully saturated rings. The van der Waals surface area contributed by atoms with Crippen molar-refractivity contribution in [1.82, 2.24) is 0 Å². The van der Waals surface area contributed by atoms with Crippen molar-refractivity contribution in [2.45, 2.75) is 0 Å². The zero-order chi connectivity index (χ0) is 22.8. The van der Waals surface area contributed by atoms with E-state index in [1.54, 1.807) is 0 Å². The number of quaternary nitrogens is 1. The molecule has 0 aliphatic rings. The van der Waals surface area contributed by atoms with Crippen LogP contribution in [0.15, 0.2) is 71.0 Å². The Morgan fingerprint density at radius 3 is 1.31 bits per heavy atom. The molecule has 0 aromatic heterocycles. The molecular weight excluding hydrogens is 412 g/mol. The molecule has 0 heterocycles. The van der Waals surface area contributed by atoms with Gasteiger partial charge < -0.3 is 15.0 Å². The third-order valence-corrected chi connectivity index (χ3v) is 1.83. The second-order valence-electron chi connectivity index (χ2n) is 5.64. The first-order chi connectivity index (χ1) is 13.4. The summed E-state index contributed by atoms with van der Waals surface area (Å²) in [6, 6.07) is 19.0. The van der Waals surface area contributed by atoms with Crippen molar-refractivity contribution in [3.8, 4) is 0 Å². The van der Waals surface area contributed by atoms with E-state index in [1.165, 1.54) is 0 Å². The molecule has 2 aromatic rings. The van der Waals surface area contributed by atoms with Gasteiger partial charge in [-0.15, -0.1) is 0 Å². The van der Waals surface area contributed by atoms with E-state index < -0.39 is 0 Å². The van der Waals surface area contributed by atoms with Gasteiger partial charge in [0, 0.05) is 17.4 Å². The van der Waals surface area contributed by atoms with Crippen LogP contribution in [0.4, 0.5) is 11.4 Å². The molecule has 29 heavy (non-hydrogen) atoms. The van der Waals surface area contributed by atoms with Gasteiger partial charge in [-0.1, -0.05) is 60.7 Å². The molecule has 0 saturated carbocycles. The molecule has 0 saturated heterocycles. The molecular formula is C20H22CrN4O4. The van der Waals surface area contributed by atoms with Crippen molar-refractivity contribution in [3.63, 3.8) is 0 Å². The van der Waals surface area contributed by atoms with E-state index in [1.807, 2.05) is 60.7 Å². The number of nitrogens with zero attached hydrogens (tertiary/aromatic N) is 4. The Morgan fingerprint density at radius 1 is 0.655 bits per heavy atom. The van der Waals surface area contributed by atoms with Crippen LogP contribution in [0.3, 0.4) is 0 Å². The monoisotopic (exact) mass is 434 g/mol. The van der Waals surface area contributed by atoms with Crippen LogP contribution in [0.25, 0.3) is 5.43 Å². The van der Waals surface area contributed by atoms with E-state index in [0.29, 0.717) is 0 Å². The molecule has 0 unspecified atom stereocenters. The summed E-state index contributed by atoms with van der Waals surface area (Å²) in [7, 11) is 8.50. The predicted molar refractivity (Wildman–Crippen MR) is 100 cm³/mol. The van der Waals surface area contributed by atoms with Crippen LogP contribution in [0.2, 0.25) is 0 Å². The quantitative estimate of drug-likeness (QED) is 0.221. The minimum Gasteiger partial charge on any atom is -0.350 e. The van der Waals surface area contributed by atoms with Crippen LogP contribution < -0.4 is 0 Å². The zero-order valence-electron chi connectivity index (χ0n) is 16.6. The van der Waals surface area contributed by atoms with Gasteiger partial charge in [0.25, 0.3) is 0 Å². The Morgan fingerprint density at radius 2 is 0.966 bits per heavy atom. The average molecular weight is 434 g/mol. The minimum absolute atomic E-state index is 0. The topological polar surface area (TPSA) is 118 Å². The minimum atomic E-state index is 0. The molecule has 0 aliphatic heterocycles. The first-order valence-corrected chi connectivity index (χ1v) is 7.27. The summed E-state index contributed by atoms with van der Waals surface area (Å²) in [5, 5.41) is 7.72. The van der Waals surface area contributed by atoms with E-state index in [2.05, 4.69) is 70.6 Å². The Bertz CT molecular complexity index is 650. The number of hydrogen-bond donors (Lipinski definition) is 0. The smallest absolute Gasteiger partial charge is 0 e. The second kappa shape index (κ2) is 30.0. The molecule has 0 radical (unpaired) electrons. The van der Waals surface area contributed by atoms with Gasteiger partial charge >= 0.3 is 45.2 Å². The zero-order valence-corrected chi connectivity index (χ0v) is 17.9. The summed E-state index contributed by atoms with van der Waals surface area (Å²) in [5.74, 6) is 0. The van der Waals surface area contributed by atoms with Gasteiger partial charge in [-0.2, -0.15) is 0 Å². The Labute approximate surface area is 183 Å². The van der Waals surface area contributed by atoms with Gasteiger partial charge in [-0.25, -0.2) is 0 Å². The SMILES string of the molecule is C[N+](C)(C)C.[C-]#[O+].[C-]#[O+].[C-]#[O+].[C-]#[O+].[Cr].c1ccc(N=N[N-]c2ccccc2)cc1. The first kappa shape index (κ1) is 37.1. The fraction of sp³-hybridized carbons (Fsp3) is 0.200. The average Bonchev–Trinajstić information content (AvgIpc) is 2.74. The number of benzene rings is 2. The van der Waals surface area contributed by atoms with Crippen molar-refractivity contribution < 1.29 is 40.5 Å². The normalized spacial score (nSPS) is 7.72.